The minimum atomic E-state index is -0.192. The Labute approximate surface area is 197 Å². The fourth-order valence-electron chi connectivity index (χ4n) is 4.84. The number of ether oxygens (including phenoxy) is 1. The molecule has 6 heteroatoms. The Morgan fingerprint density at radius 3 is 2.33 bits per heavy atom. The van der Waals surface area contributed by atoms with E-state index in [2.05, 4.69) is 11.0 Å². The lowest BCUT2D eigenvalue weighted by Crippen LogP contribution is -2.52. The van der Waals surface area contributed by atoms with Gasteiger partial charge in [-0.25, -0.2) is 0 Å². The lowest BCUT2D eigenvalue weighted by Gasteiger charge is -2.41. The van der Waals surface area contributed by atoms with Gasteiger partial charge in [-0.2, -0.15) is 0 Å². The van der Waals surface area contributed by atoms with Gasteiger partial charge >= 0.3 is 0 Å². The second kappa shape index (κ2) is 10.4. The Hall–Kier alpha value is -2.86. The van der Waals surface area contributed by atoms with Gasteiger partial charge in [0.25, 0.3) is 5.91 Å². The summed E-state index contributed by atoms with van der Waals surface area (Å²) in [6, 6.07) is 15.7. The number of carbonyl (C=O) groups is 2. The maximum Gasteiger partial charge on any atom is 0.254 e. The van der Waals surface area contributed by atoms with E-state index < -0.39 is 0 Å². The Morgan fingerprint density at radius 1 is 0.970 bits per heavy atom. The van der Waals surface area contributed by atoms with Gasteiger partial charge in [0.05, 0.1) is 12.1 Å². The molecule has 1 atom stereocenters. The van der Waals surface area contributed by atoms with E-state index >= 15 is 0 Å². The molecule has 6 nitrogen and oxygen atoms in total. The van der Waals surface area contributed by atoms with Crippen LogP contribution in [-0.2, 0) is 11.3 Å². The highest BCUT2D eigenvalue weighted by Crippen LogP contribution is 2.30. The molecular formula is C27H35N3O3. The van der Waals surface area contributed by atoms with Crippen molar-refractivity contribution < 1.29 is 14.3 Å². The highest BCUT2D eigenvalue weighted by atomic mass is 16.5. The number of rotatable bonds is 6. The summed E-state index contributed by atoms with van der Waals surface area (Å²) in [5.74, 6) is 0.892. The van der Waals surface area contributed by atoms with Crippen LogP contribution in [-0.4, -0.2) is 65.3 Å². The Morgan fingerprint density at radius 2 is 1.67 bits per heavy atom. The minimum absolute atomic E-state index is 0.0421. The van der Waals surface area contributed by atoms with Crippen LogP contribution in [0.15, 0.2) is 48.5 Å². The average molecular weight is 450 g/mol. The minimum Gasteiger partial charge on any atom is -0.491 e. The molecule has 2 aromatic rings. The van der Waals surface area contributed by atoms with E-state index in [4.69, 9.17) is 4.74 Å². The van der Waals surface area contributed by atoms with Crippen molar-refractivity contribution in [1.29, 1.82) is 0 Å². The molecule has 2 aliphatic rings. The van der Waals surface area contributed by atoms with Crippen molar-refractivity contribution in [3.8, 4) is 5.75 Å². The summed E-state index contributed by atoms with van der Waals surface area (Å²) >= 11 is 0. The average Bonchev–Trinajstić information content (AvgIpc) is 3.32. The van der Waals surface area contributed by atoms with Crippen LogP contribution in [0.1, 0.15) is 61.1 Å². The standard InChI is InChI=1S/C27H35N3O3/c1-20(2)33-24-12-10-22(11-13-24)26-19-29(21(3)31)16-17-30(26)27(32)25-9-5-4-8-23(25)18-28-14-6-7-15-28/h4-5,8-13,20,26H,6-7,14-19H2,1-3H3/t26-/m0/s1. The fourth-order valence-corrected chi connectivity index (χ4v) is 4.84. The van der Waals surface area contributed by atoms with Gasteiger partial charge in [0.1, 0.15) is 5.75 Å². The molecule has 2 aromatic carbocycles. The monoisotopic (exact) mass is 449 g/mol. The normalized spacial score (nSPS) is 19.2. The molecule has 0 unspecified atom stereocenters. The fraction of sp³-hybridized carbons (Fsp3) is 0.481. The van der Waals surface area contributed by atoms with E-state index in [1.165, 1.54) is 12.8 Å². The van der Waals surface area contributed by atoms with E-state index in [9.17, 15) is 9.59 Å². The van der Waals surface area contributed by atoms with Gasteiger partial charge in [-0.05, 0) is 69.1 Å². The molecule has 0 aromatic heterocycles. The van der Waals surface area contributed by atoms with E-state index in [0.717, 1.165) is 42.1 Å². The maximum absolute atomic E-state index is 13.8. The van der Waals surface area contributed by atoms with Gasteiger partial charge in [-0.1, -0.05) is 30.3 Å². The van der Waals surface area contributed by atoms with Crippen molar-refractivity contribution in [2.24, 2.45) is 0 Å². The molecule has 33 heavy (non-hydrogen) atoms. The molecule has 0 N–H and O–H groups in total. The van der Waals surface area contributed by atoms with Crippen molar-refractivity contribution in [2.45, 2.75) is 52.3 Å². The van der Waals surface area contributed by atoms with Gasteiger partial charge in [-0.3, -0.25) is 14.5 Å². The third-order valence-corrected chi connectivity index (χ3v) is 6.56. The third kappa shape index (κ3) is 5.56. The number of amides is 2. The lowest BCUT2D eigenvalue weighted by molar-refractivity contribution is -0.131. The van der Waals surface area contributed by atoms with Crippen LogP contribution in [0.4, 0.5) is 0 Å². The largest absolute Gasteiger partial charge is 0.491 e. The first-order valence-electron chi connectivity index (χ1n) is 12.1. The lowest BCUT2D eigenvalue weighted by atomic mass is 9.99. The van der Waals surface area contributed by atoms with Crippen LogP contribution < -0.4 is 4.74 Å². The Kier molecular flexibility index (Phi) is 7.33. The molecule has 2 heterocycles. The predicted octanol–water partition coefficient (Wildman–Crippen LogP) is 4.12. The highest BCUT2D eigenvalue weighted by Gasteiger charge is 2.34. The summed E-state index contributed by atoms with van der Waals surface area (Å²) in [4.78, 5) is 32.2. The Bertz CT molecular complexity index is 967. The number of nitrogens with zero attached hydrogens (tertiary/aromatic N) is 3. The van der Waals surface area contributed by atoms with E-state index in [0.29, 0.717) is 19.6 Å². The summed E-state index contributed by atoms with van der Waals surface area (Å²) in [7, 11) is 0. The van der Waals surface area contributed by atoms with Gasteiger partial charge in [0.2, 0.25) is 5.91 Å². The molecule has 0 aliphatic carbocycles. The van der Waals surface area contributed by atoms with Crippen molar-refractivity contribution in [2.75, 3.05) is 32.7 Å². The topological polar surface area (TPSA) is 53.1 Å². The molecule has 2 fully saturated rings. The number of hydrogen-bond acceptors (Lipinski definition) is 4. The molecule has 4 rings (SSSR count). The first kappa shape index (κ1) is 23.3. The smallest absolute Gasteiger partial charge is 0.254 e. The summed E-state index contributed by atoms with van der Waals surface area (Å²) < 4.78 is 5.79. The third-order valence-electron chi connectivity index (χ3n) is 6.56. The van der Waals surface area contributed by atoms with E-state index in [-0.39, 0.29) is 24.0 Å². The van der Waals surface area contributed by atoms with Crippen LogP contribution in [0.25, 0.3) is 0 Å². The van der Waals surface area contributed by atoms with Crippen molar-refractivity contribution in [1.82, 2.24) is 14.7 Å². The number of likely N-dealkylation sites (tertiary alicyclic amines) is 1. The van der Waals surface area contributed by atoms with Gasteiger partial charge in [0, 0.05) is 38.7 Å². The number of benzene rings is 2. The molecule has 2 saturated heterocycles. The zero-order valence-electron chi connectivity index (χ0n) is 20.0. The van der Waals surface area contributed by atoms with Crippen molar-refractivity contribution in [3.05, 3.63) is 65.2 Å². The SMILES string of the molecule is CC(=O)N1CCN(C(=O)c2ccccc2CN2CCCC2)[C@H](c2ccc(OC(C)C)cc2)C1. The second-order valence-corrected chi connectivity index (χ2v) is 9.36. The predicted molar refractivity (Wildman–Crippen MR) is 129 cm³/mol. The molecule has 2 amide bonds. The van der Waals surface area contributed by atoms with Crippen LogP contribution in [0, 0.1) is 0 Å². The van der Waals surface area contributed by atoms with Crippen LogP contribution >= 0.6 is 0 Å². The summed E-state index contributed by atoms with van der Waals surface area (Å²) in [6.07, 6.45) is 2.55. The van der Waals surface area contributed by atoms with Crippen LogP contribution in [0.5, 0.6) is 5.75 Å². The zero-order valence-corrected chi connectivity index (χ0v) is 20.0. The van der Waals surface area contributed by atoms with Gasteiger partial charge in [0.15, 0.2) is 0 Å². The zero-order chi connectivity index (χ0) is 23.4. The first-order chi connectivity index (χ1) is 15.9. The van der Waals surface area contributed by atoms with Gasteiger partial charge < -0.3 is 14.5 Å². The molecular weight excluding hydrogens is 414 g/mol. The number of carbonyl (C=O) groups excluding carboxylic acids is 2. The molecule has 0 saturated carbocycles. The molecule has 176 valence electrons. The summed E-state index contributed by atoms with van der Waals surface area (Å²) in [5, 5.41) is 0. The van der Waals surface area contributed by atoms with Crippen molar-refractivity contribution >= 4 is 11.8 Å². The first-order valence-corrected chi connectivity index (χ1v) is 12.1. The summed E-state index contributed by atoms with van der Waals surface area (Å²) in [6.45, 7) is 10.2. The van der Waals surface area contributed by atoms with Crippen LogP contribution in [0.3, 0.4) is 0 Å². The van der Waals surface area contributed by atoms with Crippen LogP contribution in [0.2, 0.25) is 0 Å². The van der Waals surface area contributed by atoms with E-state index in [1.54, 1.807) is 6.92 Å². The maximum atomic E-state index is 13.8. The second-order valence-electron chi connectivity index (χ2n) is 9.36. The Balaban J connectivity index is 1.60. The quantitative estimate of drug-likeness (QED) is 0.666. The molecule has 0 bridgehead atoms. The molecule has 0 spiro atoms. The number of hydrogen-bond donors (Lipinski definition) is 0. The number of piperazine rings is 1. The molecule has 0 radical (unpaired) electrons. The highest BCUT2D eigenvalue weighted by molar-refractivity contribution is 5.96. The van der Waals surface area contributed by atoms with Crippen molar-refractivity contribution in [3.63, 3.8) is 0 Å². The van der Waals surface area contributed by atoms with E-state index in [1.807, 2.05) is 66.1 Å². The molecule has 2 aliphatic heterocycles. The van der Waals surface area contributed by atoms with Gasteiger partial charge in [-0.15, -0.1) is 0 Å². The summed E-state index contributed by atoms with van der Waals surface area (Å²) in [5.41, 5.74) is 2.87.